The van der Waals surface area contributed by atoms with Gasteiger partial charge in [0.25, 0.3) is 0 Å². The number of pyridine rings is 1. The number of ether oxygens (including phenoxy) is 1. The summed E-state index contributed by atoms with van der Waals surface area (Å²) >= 11 is 0. The van der Waals surface area contributed by atoms with Crippen LogP contribution in [0.4, 0.5) is 13.2 Å². The molecule has 0 aromatic carbocycles. The number of hydrogen-bond donors (Lipinski definition) is 1. The van der Waals surface area contributed by atoms with E-state index in [9.17, 15) is 13.2 Å². The lowest BCUT2D eigenvalue weighted by atomic mass is 10.2. The first-order chi connectivity index (χ1) is 8.05. The van der Waals surface area contributed by atoms with Crippen molar-refractivity contribution in [2.24, 2.45) is 0 Å². The largest absolute Gasteiger partial charge is 0.490 e. The fraction of sp³-hybridized carbons (Fsp3) is 0.545. The van der Waals surface area contributed by atoms with Crippen molar-refractivity contribution < 1.29 is 17.9 Å². The molecule has 94 valence electrons. The zero-order chi connectivity index (χ0) is 12.3. The number of alkyl halides is 3. The molecule has 0 bridgehead atoms. The molecule has 1 saturated heterocycles. The van der Waals surface area contributed by atoms with E-state index in [0.29, 0.717) is 6.61 Å². The zero-order valence-corrected chi connectivity index (χ0v) is 9.13. The van der Waals surface area contributed by atoms with Gasteiger partial charge < -0.3 is 10.1 Å². The predicted octanol–water partition coefficient (Wildman–Crippen LogP) is 2.23. The number of hydrogen-bond acceptors (Lipinski definition) is 3. The molecular weight excluding hydrogens is 233 g/mol. The highest BCUT2D eigenvalue weighted by atomic mass is 19.4. The molecule has 17 heavy (non-hydrogen) atoms. The maximum atomic E-state index is 12.4. The van der Waals surface area contributed by atoms with Crippen LogP contribution in [0.2, 0.25) is 0 Å². The van der Waals surface area contributed by atoms with E-state index in [2.05, 4.69) is 10.3 Å². The van der Waals surface area contributed by atoms with Crippen LogP contribution in [-0.4, -0.2) is 24.2 Å². The normalized spacial score (nSPS) is 20.5. The minimum Gasteiger partial charge on any atom is -0.490 e. The lowest BCUT2D eigenvalue weighted by Gasteiger charge is -2.13. The molecule has 0 saturated carbocycles. The Labute approximate surface area is 97.0 Å². The van der Waals surface area contributed by atoms with Crippen molar-refractivity contribution in [3.05, 3.63) is 24.0 Å². The Kier molecular flexibility index (Phi) is 3.51. The maximum absolute atomic E-state index is 12.4. The van der Waals surface area contributed by atoms with Gasteiger partial charge >= 0.3 is 6.18 Å². The second kappa shape index (κ2) is 4.91. The summed E-state index contributed by atoms with van der Waals surface area (Å²) in [7, 11) is 0. The third kappa shape index (κ3) is 3.33. The zero-order valence-electron chi connectivity index (χ0n) is 9.13. The fourth-order valence-corrected chi connectivity index (χ4v) is 1.75. The monoisotopic (exact) mass is 246 g/mol. The molecule has 1 fully saturated rings. The molecule has 0 aliphatic carbocycles. The molecule has 3 nitrogen and oxygen atoms in total. The van der Waals surface area contributed by atoms with Gasteiger partial charge in [-0.15, -0.1) is 0 Å². The van der Waals surface area contributed by atoms with Gasteiger partial charge in [-0.05, 0) is 25.5 Å². The van der Waals surface area contributed by atoms with Crippen LogP contribution < -0.4 is 10.1 Å². The second-order valence-electron chi connectivity index (χ2n) is 4.01. The third-order valence-corrected chi connectivity index (χ3v) is 2.65. The molecule has 0 amide bonds. The molecule has 1 aromatic rings. The summed E-state index contributed by atoms with van der Waals surface area (Å²) < 4.78 is 42.5. The number of nitrogens with zero attached hydrogens (tertiary/aromatic N) is 1. The second-order valence-corrected chi connectivity index (χ2v) is 4.01. The summed E-state index contributed by atoms with van der Waals surface area (Å²) in [5.74, 6) is 0.161. The molecule has 1 aliphatic rings. The van der Waals surface area contributed by atoms with Gasteiger partial charge in [0.2, 0.25) is 0 Å². The first-order valence-electron chi connectivity index (χ1n) is 5.44. The number of nitrogens with one attached hydrogen (secondary N) is 1. The molecular formula is C11H13F3N2O. The summed E-state index contributed by atoms with van der Waals surface area (Å²) in [5.41, 5.74) is -0.783. The Morgan fingerprint density at radius 1 is 1.41 bits per heavy atom. The van der Waals surface area contributed by atoms with E-state index in [-0.39, 0.29) is 11.8 Å². The predicted molar refractivity (Wildman–Crippen MR) is 55.8 cm³/mol. The molecule has 0 unspecified atom stereocenters. The van der Waals surface area contributed by atoms with Gasteiger partial charge in [-0.25, -0.2) is 0 Å². The Morgan fingerprint density at radius 2 is 2.24 bits per heavy atom. The third-order valence-electron chi connectivity index (χ3n) is 2.65. The van der Waals surface area contributed by atoms with Crippen molar-refractivity contribution in [1.82, 2.24) is 10.3 Å². The van der Waals surface area contributed by atoms with Crippen LogP contribution in [0.1, 0.15) is 18.4 Å². The van der Waals surface area contributed by atoms with E-state index in [1.54, 1.807) is 0 Å². The highest BCUT2D eigenvalue weighted by Gasteiger charge is 2.31. The van der Waals surface area contributed by atoms with E-state index in [1.807, 2.05) is 0 Å². The summed E-state index contributed by atoms with van der Waals surface area (Å²) in [6.07, 6.45) is -0.218. The minimum atomic E-state index is -4.38. The van der Waals surface area contributed by atoms with Gasteiger partial charge in [0.05, 0.1) is 11.8 Å². The first kappa shape index (κ1) is 12.2. The molecule has 2 heterocycles. The quantitative estimate of drug-likeness (QED) is 0.888. The lowest BCUT2D eigenvalue weighted by Crippen LogP contribution is -2.28. The standard InChI is InChI=1S/C11H13F3N2O/c12-11(13,14)8-4-10(6-15-5-8)17-7-9-2-1-3-16-9/h4-6,9,16H,1-3,7H2/t9-/m1/s1. The first-order valence-corrected chi connectivity index (χ1v) is 5.44. The maximum Gasteiger partial charge on any atom is 0.418 e. The van der Waals surface area contributed by atoms with E-state index in [0.717, 1.165) is 31.6 Å². The SMILES string of the molecule is FC(F)(F)c1cncc(OC[C@H]2CCCN2)c1. The molecule has 1 aromatic heterocycles. The minimum absolute atomic E-state index is 0.161. The van der Waals surface area contributed by atoms with E-state index in [4.69, 9.17) is 4.74 Å². The molecule has 0 radical (unpaired) electrons. The van der Waals surface area contributed by atoms with Crippen LogP contribution in [0.25, 0.3) is 0 Å². The van der Waals surface area contributed by atoms with Crippen LogP contribution in [0, 0.1) is 0 Å². The Balaban J connectivity index is 1.96. The van der Waals surface area contributed by atoms with Crippen molar-refractivity contribution >= 4 is 0 Å². The van der Waals surface area contributed by atoms with Gasteiger partial charge in [0.1, 0.15) is 12.4 Å². The molecule has 0 spiro atoms. The van der Waals surface area contributed by atoms with E-state index < -0.39 is 11.7 Å². The number of aromatic nitrogens is 1. The number of halogens is 3. The van der Waals surface area contributed by atoms with Crippen molar-refractivity contribution in [2.45, 2.75) is 25.1 Å². The highest BCUT2D eigenvalue weighted by Crippen LogP contribution is 2.30. The Bertz CT molecular complexity index is 375. The summed E-state index contributed by atoms with van der Waals surface area (Å²) in [6, 6.07) is 1.20. The van der Waals surface area contributed by atoms with E-state index in [1.165, 1.54) is 6.20 Å². The van der Waals surface area contributed by atoms with Gasteiger partial charge in [-0.2, -0.15) is 13.2 Å². The molecule has 1 aliphatic heterocycles. The summed E-state index contributed by atoms with van der Waals surface area (Å²) in [6.45, 7) is 1.32. The van der Waals surface area contributed by atoms with Crippen molar-refractivity contribution in [2.75, 3.05) is 13.2 Å². The molecule has 2 rings (SSSR count). The van der Waals surface area contributed by atoms with Crippen LogP contribution in [0.3, 0.4) is 0 Å². The molecule has 6 heteroatoms. The van der Waals surface area contributed by atoms with Gasteiger partial charge in [0, 0.05) is 12.2 Å². The number of rotatable bonds is 3. The van der Waals surface area contributed by atoms with Gasteiger partial charge in [0.15, 0.2) is 0 Å². The van der Waals surface area contributed by atoms with Crippen molar-refractivity contribution in [3.8, 4) is 5.75 Å². The molecule has 1 atom stereocenters. The average molecular weight is 246 g/mol. The Hall–Kier alpha value is -1.30. The van der Waals surface area contributed by atoms with Gasteiger partial charge in [-0.1, -0.05) is 0 Å². The van der Waals surface area contributed by atoms with Crippen LogP contribution in [-0.2, 0) is 6.18 Å². The van der Waals surface area contributed by atoms with Crippen molar-refractivity contribution in [1.29, 1.82) is 0 Å². The fourth-order valence-electron chi connectivity index (χ4n) is 1.75. The molecule has 1 N–H and O–H groups in total. The van der Waals surface area contributed by atoms with Crippen molar-refractivity contribution in [3.63, 3.8) is 0 Å². The Morgan fingerprint density at radius 3 is 2.88 bits per heavy atom. The van der Waals surface area contributed by atoms with E-state index >= 15 is 0 Å². The highest BCUT2D eigenvalue weighted by molar-refractivity contribution is 5.25. The summed E-state index contributed by atoms with van der Waals surface area (Å²) in [5, 5.41) is 3.20. The van der Waals surface area contributed by atoms with Crippen LogP contribution >= 0.6 is 0 Å². The van der Waals surface area contributed by atoms with Crippen LogP contribution in [0.15, 0.2) is 18.5 Å². The lowest BCUT2D eigenvalue weighted by molar-refractivity contribution is -0.137. The van der Waals surface area contributed by atoms with Gasteiger partial charge in [-0.3, -0.25) is 4.98 Å². The smallest absolute Gasteiger partial charge is 0.418 e. The summed E-state index contributed by atoms with van der Waals surface area (Å²) in [4.78, 5) is 3.53. The average Bonchev–Trinajstić information content (AvgIpc) is 2.78. The van der Waals surface area contributed by atoms with Crippen LogP contribution in [0.5, 0.6) is 5.75 Å². The topological polar surface area (TPSA) is 34.1 Å².